The van der Waals surface area contributed by atoms with E-state index in [1.807, 2.05) is 11.4 Å². The Kier molecular flexibility index (Phi) is 4.85. The number of benzene rings is 1. The molecule has 122 valence electrons. The Morgan fingerprint density at radius 1 is 1.08 bits per heavy atom. The van der Waals surface area contributed by atoms with Gasteiger partial charge in [-0.3, -0.25) is 10.1 Å². The van der Waals surface area contributed by atoms with Crippen LogP contribution >= 0.6 is 34.5 Å². The van der Waals surface area contributed by atoms with Gasteiger partial charge in [-0.15, -0.1) is 11.3 Å². The molecule has 2 heterocycles. The fourth-order valence-electron chi connectivity index (χ4n) is 2.10. The Morgan fingerprint density at radius 3 is 2.62 bits per heavy atom. The van der Waals surface area contributed by atoms with Gasteiger partial charge in [-0.2, -0.15) is 0 Å². The minimum absolute atomic E-state index is 0.0760. The average molecular weight is 378 g/mol. The van der Waals surface area contributed by atoms with Crippen LogP contribution in [0.3, 0.4) is 0 Å². The topological polar surface area (TPSA) is 54.9 Å². The zero-order chi connectivity index (χ0) is 17.3. The first-order chi connectivity index (χ1) is 11.4. The molecule has 3 aromatic rings. The normalized spacial score (nSPS) is 10.7. The second-order valence-electron chi connectivity index (χ2n) is 5.26. The summed E-state index contributed by atoms with van der Waals surface area (Å²) in [5, 5.41) is 5.53. The van der Waals surface area contributed by atoms with Gasteiger partial charge in [-0.05, 0) is 43.2 Å². The summed E-state index contributed by atoms with van der Waals surface area (Å²) in [4.78, 5) is 20.7. The number of hydrogen-bond acceptors (Lipinski definition) is 4. The molecule has 0 saturated heterocycles. The maximum Gasteiger partial charge on any atom is 0.277 e. The number of halogens is 2. The maximum atomic E-state index is 12.3. The van der Waals surface area contributed by atoms with E-state index in [9.17, 15) is 4.79 Å². The van der Waals surface area contributed by atoms with Crippen molar-refractivity contribution in [1.29, 1.82) is 0 Å². The average Bonchev–Trinajstić information content (AvgIpc) is 3.00. The molecule has 2 aromatic heterocycles. The smallest absolute Gasteiger partial charge is 0.277 e. The van der Waals surface area contributed by atoms with Gasteiger partial charge in [0.2, 0.25) is 0 Å². The van der Waals surface area contributed by atoms with E-state index in [-0.39, 0.29) is 15.9 Å². The number of hydrogen-bond donors (Lipinski definition) is 1. The number of rotatable bonds is 3. The first-order valence-electron chi connectivity index (χ1n) is 7.10. The number of nitrogens with zero attached hydrogens (tertiary/aromatic N) is 2. The molecule has 0 atom stereocenters. The largest absolute Gasteiger partial charge is 0.296 e. The molecule has 1 amide bonds. The number of carbonyl (C=O) groups is 1. The van der Waals surface area contributed by atoms with Gasteiger partial charge < -0.3 is 0 Å². The van der Waals surface area contributed by atoms with Crippen molar-refractivity contribution in [2.75, 3.05) is 5.32 Å². The molecule has 0 aliphatic carbocycles. The fraction of sp³-hybridized carbons (Fsp3) is 0.118. The van der Waals surface area contributed by atoms with E-state index in [2.05, 4.69) is 41.3 Å². The lowest BCUT2D eigenvalue weighted by Gasteiger charge is -2.04. The third-order valence-corrected chi connectivity index (χ3v) is 4.83. The lowest BCUT2D eigenvalue weighted by atomic mass is 10.1. The molecule has 7 heteroatoms. The van der Waals surface area contributed by atoms with Crippen LogP contribution in [0.2, 0.25) is 10.2 Å². The van der Waals surface area contributed by atoms with Crippen LogP contribution in [0.1, 0.15) is 21.6 Å². The summed E-state index contributed by atoms with van der Waals surface area (Å²) in [6.45, 7) is 4.12. The zero-order valence-electron chi connectivity index (χ0n) is 12.9. The Balaban J connectivity index is 1.82. The summed E-state index contributed by atoms with van der Waals surface area (Å²) in [6.07, 6.45) is 0. The minimum atomic E-state index is -0.441. The highest BCUT2D eigenvalue weighted by Gasteiger charge is 2.15. The highest BCUT2D eigenvalue weighted by Crippen LogP contribution is 2.27. The second-order valence-corrected chi connectivity index (χ2v) is 6.91. The number of aryl methyl sites for hydroxylation is 2. The molecule has 0 aliphatic rings. The molecule has 0 fully saturated rings. The maximum absolute atomic E-state index is 12.3. The van der Waals surface area contributed by atoms with Crippen LogP contribution in [0.15, 0.2) is 35.7 Å². The van der Waals surface area contributed by atoms with Gasteiger partial charge in [0.25, 0.3) is 5.91 Å². The van der Waals surface area contributed by atoms with Crippen LogP contribution in [0.5, 0.6) is 0 Å². The van der Waals surface area contributed by atoms with Gasteiger partial charge in [0.15, 0.2) is 5.13 Å². The van der Waals surface area contributed by atoms with E-state index in [0.717, 1.165) is 11.3 Å². The quantitative estimate of drug-likeness (QED) is 0.623. The van der Waals surface area contributed by atoms with Crippen LogP contribution in [-0.4, -0.2) is 15.9 Å². The summed E-state index contributed by atoms with van der Waals surface area (Å²) < 4.78 is 0. The molecule has 0 saturated carbocycles. The van der Waals surface area contributed by atoms with Crippen LogP contribution in [0.4, 0.5) is 5.13 Å². The lowest BCUT2D eigenvalue weighted by molar-refractivity contribution is 0.102. The van der Waals surface area contributed by atoms with Crippen LogP contribution in [0.25, 0.3) is 11.3 Å². The summed E-state index contributed by atoms with van der Waals surface area (Å²) in [5.74, 6) is -0.441. The van der Waals surface area contributed by atoms with E-state index < -0.39 is 5.91 Å². The van der Waals surface area contributed by atoms with Gasteiger partial charge in [0, 0.05) is 10.9 Å². The monoisotopic (exact) mass is 377 g/mol. The SMILES string of the molecule is Cc1ccc(-c2csc(NC(=O)c3nc(Cl)ccc3Cl)n2)cc1C. The zero-order valence-corrected chi connectivity index (χ0v) is 15.3. The summed E-state index contributed by atoms with van der Waals surface area (Å²) in [5.41, 5.74) is 4.31. The van der Waals surface area contributed by atoms with Crippen molar-refractivity contribution in [3.8, 4) is 11.3 Å². The highest BCUT2D eigenvalue weighted by molar-refractivity contribution is 7.14. The van der Waals surface area contributed by atoms with E-state index >= 15 is 0 Å². The van der Waals surface area contributed by atoms with Gasteiger partial charge >= 0.3 is 0 Å². The number of anilines is 1. The standard InChI is InChI=1S/C17H13Cl2N3OS/c1-9-3-4-11(7-10(9)2)13-8-24-17(20-13)22-16(23)15-12(18)5-6-14(19)21-15/h3-8H,1-2H3,(H,20,22,23). The predicted molar refractivity (Wildman–Crippen MR) is 99.2 cm³/mol. The summed E-state index contributed by atoms with van der Waals surface area (Å²) >= 11 is 13.1. The lowest BCUT2D eigenvalue weighted by Crippen LogP contribution is -2.14. The highest BCUT2D eigenvalue weighted by atomic mass is 35.5. The van der Waals surface area contributed by atoms with Gasteiger partial charge in [0.1, 0.15) is 10.8 Å². The van der Waals surface area contributed by atoms with Crippen molar-refractivity contribution in [2.45, 2.75) is 13.8 Å². The number of carbonyl (C=O) groups excluding carboxylic acids is 1. The van der Waals surface area contributed by atoms with Gasteiger partial charge in [-0.25, -0.2) is 9.97 Å². The molecule has 0 bridgehead atoms. The number of amides is 1. The third kappa shape index (κ3) is 3.59. The fourth-order valence-corrected chi connectivity index (χ4v) is 3.15. The van der Waals surface area contributed by atoms with Gasteiger partial charge in [-0.1, -0.05) is 35.3 Å². The second kappa shape index (κ2) is 6.89. The van der Waals surface area contributed by atoms with E-state index in [1.165, 1.54) is 34.6 Å². The van der Waals surface area contributed by atoms with E-state index in [0.29, 0.717) is 5.13 Å². The Morgan fingerprint density at radius 2 is 1.88 bits per heavy atom. The van der Waals surface area contributed by atoms with Gasteiger partial charge in [0.05, 0.1) is 10.7 Å². The van der Waals surface area contributed by atoms with E-state index in [1.54, 1.807) is 0 Å². The van der Waals surface area contributed by atoms with Crippen LogP contribution < -0.4 is 5.32 Å². The summed E-state index contributed by atoms with van der Waals surface area (Å²) in [6, 6.07) is 9.21. The van der Waals surface area contributed by atoms with Crippen molar-refractivity contribution >= 4 is 45.6 Å². The van der Waals surface area contributed by atoms with Crippen LogP contribution in [-0.2, 0) is 0 Å². The number of aromatic nitrogens is 2. The molecule has 0 radical (unpaired) electrons. The molecule has 24 heavy (non-hydrogen) atoms. The summed E-state index contributed by atoms with van der Waals surface area (Å²) in [7, 11) is 0. The van der Waals surface area contributed by atoms with Crippen molar-refractivity contribution in [3.05, 3.63) is 62.7 Å². The molecule has 0 spiro atoms. The Bertz CT molecular complexity index is 924. The van der Waals surface area contributed by atoms with Crippen molar-refractivity contribution < 1.29 is 4.79 Å². The molecule has 0 unspecified atom stereocenters. The first-order valence-corrected chi connectivity index (χ1v) is 8.74. The molecule has 3 rings (SSSR count). The molecule has 1 aromatic carbocycles. The number of pyridine rings is 1. The van der Waals surface area contributed by atoms with Crippen molar-refractivity contribution in [1.82, 2.24) is 9.97 Å². The van der Waals surface area contributed by atoms with Crippen molar-refractivity contribution in [3.63, 3.8) is 0 Å². The van der Waals surface area contributed by atoms with Crippen LogP contribution in [0, 0.1) is 13.8 Å². The van der Waals surface area contributed by atoms with E-state index in [4.69, 9.17) is 23.2 Å². The Labute approximate surface area is 153 Å². The number of nitrogens with one attached hydrogen (secondary N) is 1. The number of thiazole rings is 1. The molecular formula is C17H13Cl2N3OS. The minimum Gasteiger partial charge on any atom is -0.296 e. The Hall–Kier alpha value is -1.95. The van der Waals surface area contributed by atoms with Crippen molar-refractivity contribution in [2.24, 2.45) is 0 Å². The first kappa shape index (κ1) is 16.9. The molecule has 4 nitrogen and oxygen atoms in total. The molecule has 1 N–H and O–H groups in total. The third-order valence-electron chi connectivity index (χ3n) is 3.55. The molecular weight excluding hydrogens is 365 g/mol. The predicted octanol–water partition coefficient (Wildman–Crippen LogP) is 5.38. The molecule has 0 aliphatic heterocycles.